The molecule has 0 saturated carbocycles. The van der Waals surface area contributed by atoms with E-state index >= 15 is 0 Å². The van der Waals surface area contributed by atoms with E-state index in [1.54, 1.807) is 35.7 Å². The van der Waals surface area contributed by atoms with Crippen molar-refractivity contribution in [3.63, 3.8) is 0 Å². The van der Waals surface area contributed by atoms with Crippen LogP contribution in [0.3, 0.4) is 0 Å². The smallest absolute Gasteiger partial charge is 0.256 e. The fourth-order valence-electron chi connectivity index (χ4n) is 2.36. The summed E-state index contributed by atoms with van der Waals surface area (Å²) in [5, 5.41) is 9.32. The van der Waals surface area contributed by atoms with Gasteiger partial charge < -0.3 is 10.6 Å². The molecule has 3 aromatic rings. The molecule has 0 aliphatic carbocycles. The number of anilines is 1. The lowest BCUT2D eigenvalue weighted by Gasteiger charge is -2.11. The number of hydrogen-bond acceptors (Lipinski definition) is 3. The summed E-state index contributed by atoms with van der Waals surface area (Å²) in [6, 6.07) is 16.7. The first-order valence-corrected chi connectivity index (χ1v) is 8.84. The van der Waals surface area contributed by atoms with Crippen molar-refractivity contribution in [3.8, 4) is 0 Å². The quantitative estimate of drug-likeness (QED) is 0.723. The highest BCUT2D eigenvalue weighted by Crippen LogP contribution is 2.17. The van der Waals surface area contributed by atoms with Crippen LogP contribution in [-0.2, 0) is 6.54 Å². The molecular weight excluding hydrogens is 332 g/mol. The molecule has 1 aromatic heterocycles. The van der Waals surface area contributed by atoms with Crippen LogP contribution in [0.4, 0.5) is 5.69 Å². The lowest BCUT2D eigenvalue weighted by atomic mass is 10.1. The molecule has 3 rings (SSSR count). The summed E-state index contributed by atoms with van der Waals surface area (Å²) in [5.41, 5.74) is 3.73. The lowest BCUT2D eigenvalue weighted by Crippen LogP contribution is -2.24. The highest BCUT2D eigenvalue weighted by molar-refractivity contribution is 7.08. The summed E-state index contributed by atoms with van der Waals surface area (Å²) in [4.78, 5) is 24.7. The van der Waals surface area contributed by atoms with Crippen LogP contribution in [0.15, 0.2) is 65.4 Å². The first-order valence-electron chi connectivity index (χ1n) is 7.90. The molecule has 5 heteroatoms. The Morgan fingerprint density at radius 3 is 2.44 bits per heavy atom. The third-order valence-corrected chi connectivity index (χ3v) is 4.46. The molecule has 1 heterocycles. The molecule has 126 valence electrons. The van der Waals surface area contributed by atoms with Crippen LogP contribution in [0.25, 0.3) is 0 Å². The van der Waals surface area contributed by atoms with Crippen LogP contribution in [-0.4, -0.2) is 11.8 Å². The van der Waals surface area contributed by atoms with Gasteiger partial charge in [-0.25, -0.2) is 0 Å². The van der Waals surface area contributed by atoms with E-state index < -0.39 is 0 Å². The van der Waals surface area contributed by atoms with Crippen molar-refractivity contribution >= 4 is 28.8 Å². The van der Waals surface area contributed by atoms with Crippen molar-refractivity contribution in [2.24, 2.45) is 0 Å². The second-order valence-electron chi connectivity index (χ2n) is 5.68. The van der Waals surface area contributed by atoms with Crippen LogP contribution in [0.2, 0.25) is 0 Å². The van der Waals surface area contributed by atoms with E-state index in [2.05, 4.69) is 10.6 Å². The topological polar surface area (TPSA) is 58.2 Å². The Kier molecular flexibility index (Phi) is 5.26. The second-order valence-corrected chi connectivity index (χ2v) is 6.46. The Labute approximate surface area is 150 Å². The summed E-state index contributed by atoms with van der Waals surface area (Å²) in [6.07, 6.45) is 0. The first-order chi connectivity index (χ1) is 12.1. The molecule has 2 aromatic carbocycles. The van der Waals surface area contributed by atoms with Crippen LogP contribution in [0, 0.1) is 6.92 Å². The number of aryl methyl sites for hydroxylation is 1. The highest BCUT2D eigenvalue weighted by atomic mass is 32.1. The minimum Gasteiger partial charge on any atom is -0.348 e. The van der Waals surface area contributed by atoms with Crippen molar-refractivity contribution in [1.29, 1.82) is 0 Å². The third-order valence-electron chi connectivity index (χ3n) is 3.78. The molecule has 0 aliphatic rings. The second kappa shape index (κ2) is 7.77. The van der Waals surface area contributed by atoms with Gasteiger partial charge in [0.2, 0.25) is 0 Å². The first kappa shape index (κ1) is 16.9. The number of carbonyl (C=O) groups is 2. The molecular formula is C20H18N2O2S. The zero-order chi connectivity index (χ0) is 17.6. The highest BCUT2D eigenvalue weighted by Gasteiger charge is 2.14. The Balaban J connectivity index is 1.70. The zero-order valence-corrected chi connectivity index (χ0v) is 14.6. The van der Waals surface area contributed by atoms with Gasteiger partial charge in [-0.2, -0.15) is 11.3 Å². The number of hydrogen-bond donors (Lipinski definition) is 2. The summed E-state index contributed by atoms with van der Waals surface area (Å²) >= 11 is 1.46. The number of rotatable bonds is 5. The van der Waals surface area contributed by atoms with Gasteiger partial charge in [0.1, 0.15) is 0 Å². The van der Waals surface area contributed by atoms with E-state index in [9.17, 15) is 9.59 Å². The van der Waals surface area contributed by atoms with Gasteiger partial charge in [0, 0.05) is 11.9 Å². The molecule has 4 nitrogen and oxygen atoms in total. The van der Waals surface area contributed by atoms with E-state index in [1.807, 2.05) is 36.6 Å². The minimum absolute atomic E-state index is 0.221. The fourth-order valence-corrected chi connectivity index (χ4v) is 3.00. The van der Waals surface area contributed by atoms with Gasteiger partial charge in [0.05, 0.1) is 16.8 Å². The summed E-state index contributed by atoms with van der Waals surface area (Å²) in [5.74, 6) is -0.443. The maximum atomic E-state index is 12.5. The molecule has 0 radical (unpaired) electrons. The largest absolute Gasteiger partial charge is 0.348 e. The van der Waals surface area contributed by atoms with Gasteiger partial charge >= 0.3 is 0 Å². The van der Waals surface area contributed by atoms with Crippen molar-refractivity contribution in [3.05, 3.63) is 87.6 Å². The molecule has 0 unspecified atom stereocenters. The maximum absolute atomic E-state index is 12.5. The van der Waals surface area contributed by atoms with Crippen molar-refractivity contribution < 1.29 is 9.59 Å². The van der Waals surface area contributed by atoms with Crippen molar-refractivity contribution in [1.82, 2.24) is 5.32 Å². The molecule has 0 aliphatic heterocycles. The Morgan fingerprint density at radius 1 is 0.960 bits per heavy atom. The van der Waals surface area contributed by atoms with Crippen LogP contribution in [0.1, 0.15) is 31.8 Å². The number of thiophene rings is 1. The lowest BCUT2D eigenvalue weighted by molar-refractivity contribution is 0.0952. The van der Waals surface area contributed by atoms with Crippen LogP contribution >= 0.6 is 11.3 Å². The average Bonchev–Trinajstić information content (AvgIpc) is 3.16. The van der Waals surface area contributed by atoms with Crippen molar-refractivity contribution in [2.75, 3.05) is 5.32 Å². The third kappa shape index (κ3) is 4.33. The van der Waals surface area contributed by atoms with E-state index in [-0.39, 0.29) is 11.8 Å². The van der Waals surface area contributed by atoms with Gasteiger partial charge in [-0.15, -0.1) is 0 Å². The number of carbonyl (C=O) groups excluding carboxylic acids is 2. The number of benzene rings is 2. The van der Waals surface area contributed by atoms with Gasteiger partial charge in [-0.1, -0.05) is 42.0 Å². The Morgan fingerprint density at radius 2 is 1.72 bits per heavy atom. The summed E-state index contributed by atoms with van der Waals surface area (Å²) < 4.78 is 0. The normalized spacial score (nSPS) is 10.3. The molecule has 25 heavy (non-hydrogen) atoms. The van der Waals surface area contributed by atoms with Crippen molar-refractivity contribution in [2.45, 2.75) is 13.5 Å². The van der Waals surface area contributed by atoms with Crippen LogP contribution in [0.5, 0.6) is 0 Å². The van der Waals surface area contributed by atoms with Gasteiger partial charge in [0.25, 0.3) is 11.8 Å². The summed E-state index contributed by atoms with van der Waals surface area (Å²) in [6.45, 7) is 2.46. The minimum atomic E-state index is -0.222. The number of nitrogens with one attached hydrogen (secondary N) is 2. The molecule has 0 fully saturated rings. The molecule has 0 spiro atoms. The van der Waals surface area contributed by atoms with Gasteiger partial charge in [-0.3, -0.25) is 9.59 Å². The van der Waals surface area contributed by atoms with E-state index in [1.165, 1.54) is 16.9 Å². The Bertz CT molecular complexity index is 871. The van der Waals surface area contributed by atoms with E-state index in [4.69, 9.17) is 0 Å². The molecule has 0 saturated heterocycles. The number of amides is 2. The van der Waals surface area contributed by atoms with Gasteiger partial charge in [-0.05, 0) is 36.1 Å². The molecule has 2 N–H and O–H groups in total. The van der Waals surface area contributed by atoms with E-state index in [0.29, 0.717) is 23.4 Å². The molecule has 0 atom stereocenters. The van der Waals surface area contributed by atoms with E-state index in [0.717, 1.165) is 5.56 Å². The number of para-hydroxylation sites is 1. The monoisotopic (exact) mass is 350 g/mol. The summed E-state index contributed by atoms with van der Waals surface area (Å²) in [7, 11) is 0. The molecule has 2 amide bonds. The molecule has 0 bridgehead atoms. The zero-order valence-electron chi connectivity index (χ0n) is 13.8. The maximum Gasteiger partial charge on any atom is 0.256 e. The van der Waals surface area contributed by atoms with Crippen LogP contribution < -0.4 is 10.6 Å². The average molecular weight is 350 g/mol. The SMILES string of the molecule is Cc1ccc(CNC(=O)c2ccccc2NC(=O)c2ccsc2)cc1. The fraction of sp³-hybridized carbons (Fsp3) is 0.100. The van der Waals surface area contributed by atoms with Gasteiger partial charge in [0.15, 0.2) is 0 Å². The predicted octanol–water partition coefficient (Wildman–Crippen LogP) is 4.24. The predicted molar refractivity (Wildman–Crippen MR) is 101 cm³/mol. The standard InChI is InChI=1S/C20H18N2O2S/c1-14-6-8-15(9-7-14)12-21-20(24)17-4-2-3-5-18(17)22-19(23)16-10-11-25-13-16/h2-11,13H,12H2,1H3,(H,21,24)(H,22,23). The Hall–Kier alpha value is -2.92.